The molecule has 12 heteroatoms. The third-order valence-corrected chi connectivity index (χ3v) is 12.0. The molecule has 2 N–H and O–H groups in total. The van der Waals surface area contributed by atoms with Crippen molar-refractivity contribution < 1.29 is 30.8 Å². The average molecular weight is 605 g/mol. The second kappa shape index (κ2) is 9.25. The molecule has 0 aromatic heterocycles. The van der Waals surface area contributed by atoms with Crippen LogP contribution in [0.3, 0.4) is 0 Å². The lowest BCUT2D eigenvalue weighted by molar-refractivity contribution is -0.151. The van der Waals surface area contributed by atoms with Gasteiger partial charge < -0.3 is 10.6 Å². The van der Waals surface area contributed by atoms with Gasteiger partial charge in [-0.15, -0.1) is 0 Å². The Labute approximate surface area is 241 Å². The van der Waals surface area contributed by atoms with Gasteiger partial charge in [-0.1, -0.05) is 18.6 Å². The SMILES string of the molecule is O=C(NCC1CCC1)C1NC(C23CC(N(Cc4ccc(C(F)(F)F)cc4)S(=O)(=O)c4ccc(F)cc4)(C2)C3)=NC12CC2. The zero-order chi connectivity index (χ0) is 29.5. The predicted octanol–water partition coefficient (Wildman–Crippen LogP) is 4.78. The maximum atomic E-state index is 13.9. The molecule has 0 saturated heterocycles. The van der Waals surface area contributed by atoms with Gasteiger partial charge in [0.05, 0.1) is 16.0 Å². The van der Waals surface area contributed by atoms with Crippen molar-refractivity contribution in [2.45, 2.75) is 86.1 Å². The summed E-state index contributed by atoms with van der Waals surface area (Å²) in [6.45, 7) is 0.556. The van der Waals surface area contributed by atoms with E-state index in [2.05, 4.69) is 10.6 Å². The van der Waals surface area contributed by atoms with Crippen LogP contribution < -0.4 is 10.6 Å². The van der Waals surface area contributed by atoms with E-state index in [1.165, 1.54) is 35.0 Å². The van der Waals surface area contributed by atoms with Gasteiger partial charge >= 0.3 is 6.18 Å². The van der Waals surface area contributed by atoms with Crippen molar-refractivity contribution in [1.29, 1.82) is 0 Å². The maximum absolute atomic E-state index is 13.9. The number of amidine groups is 1. The summed E-state index contributed by atoms with van der Waals surface area (Å²) in [6, 6.07) is 8.63. The minimum absolute atomic E-state index is 0.0396. The Bertz CT molecular complexity index is 1530. The Morgan fingerprint density at radius 2 is 1.67 bits per heavy atom. The number of nitrogens with zero attached hydrogens (tertiary/aromatic N) is 2. The van der Waals surface area contributed by atoms with Crippen molar-refractivity contribution in [2.75, 3.05) is 6.54 Å². The first-order valence-corrected chi connectivity index (χ1v) is 15.9. The summed E-state index contributed by atoms with van der Waals surface area (Å²) in [6.07, 6.45) is 2.09. The van der Waals surface area contributed by atoms with Crippen LogP contribution in [0.25, 0.3) is 0 Å². The summed E-state index contributed by atoms with van der Waals surface area (Å²) in [4.78, 5) is 18.0. The van der Waals surface area contributed by atoms with Crippen LogP contribution in [0.2, 0.25) is 0 Å². The van der Waals surface area contributed by atoms with Crippen molar-refractivity contribution in [3.8, 4) is 0 Å². The molecule has 5 aliphatic carbocycles. The molecule has 7 nitrogen and oxygen atoms in total. The Morgan fingerprint density at radius 3 is 2.21 bits per heavy atom. The number of sulfonamides is 1. The normalized spacial score (nSPS) is 29.3. The van der Waals surface area contributed by atoms with Crippen molar-refractivity contribution in [1.82, 2.24) is 14.9 Å². The van der Waals surface area contributed by atoms with Gasteiger partial charge in [-0.2, -0.15) is 17.5 Å². The smallest absolute Gasteiger partial charge is 0.360 e. The van der Waals surface area contributed by atoms with Crippen LogP contribution in [0.5, 0.6) is 0 Å². The molecule has 1 unspecified atom stereocenters. The number of carbonyl (C=O) groups is 1. The van der Waals surface area contributed by atoms with E-state index in [1.807, 2.05) is 0 Å². The van der Waals surface area contributed by atoms with Gasteiger partial charge in [-0.3, -0.25) is 9.79 Å². The number of halogens is 4. The van der Waals surface area contributed by atoms with E-state index in [-0.39, 0.29) is 22.8 Å². The first kappa shape index (κ1) is 27.8. The molecule has 1 atom stereocenters. The second-order valence-corrected chi connectivity index (χ2v) is 14.7. The third kappa shape index (κ3) is 4.44. The van der Waals surface area contributed by atoms with Gasteiger partial charge in [0.25, 0.3) is 0 Å². The van der Waals surface area contributed by atoms with Gasteiger partial charge in [-0.05, 0) is 92.8 Å². The monoisotopic (exact) mass is 604 g/mol. The summed E-state index contributed by atoms with van der Waals surface area (Å²) < 4.78 is 82.2. The molecule has 6 aliphatic rings. The lowest BCUT2D eigenvalue weighted by Crippen LogP contribution is -2.78. The fourth-order valence-electron chi connectivity index (χ4n) is 7.20. The molecule has 2 aromatic rings. The van der Waals surface area contributed by atoms with E-state index in [1.54, 1.807) is 0 Å². The fraction of sp³-hybridized carbons (Fsp3) is 0.533. The van der Waals surface area contributed by atoms with E-state index in [0.717, 1.165) is 55.8 Å². The summed E-state index contributed by atoms with van der Waals surface area (Å²) in [5.74, 6) is 0.696. The minimum atomic E-state index is -4.50. The van der Waals surface area contributed by atoms with Gasteiger partial charge in [0.15, 0.2) is 0 Å². The third-order valence-electron chi connectivity index (χ3n) is 10.0. The maximum Gasteiger partial charge on any atom is 0.416 e. The number of hydrogen-bond acceptors (Lipinski definition) is 5. The summed E-state index contributed by atoms with van der Waals surface area (Å²) in [5, 5.41) is 6.50. The molecule has 5 saturated carbocycles. The first-order valence-electron chi connectivity index (χ1n) is 14.4. The molecule has 1 spiro atoms. The minimum Gasteiger partial charge on any atom is -0.360 e. The molecule has 1 amide bonds. The van der Waals surface area contributed by atoms with Crippen molar-refractivity contribution in [2.24, 2.45) is 16.3 Å². The number of hydrogen-bond donors (Lipinski definition) is 2. The second-order valence-electron chi connectivity index (χ2n) is 12.9. The zero-order valence-electron chi connectivity index (χ0n) is 22.9. The van der Waals surface area contributed by atoms with Crippen LogP contribution in [0, 0.1) is 17.2 Å². The molecule has 224 valence electrons. The number of nitrogens with one attached hydrogen (secondary N) is 2. The van der Waals surface area contributed by atoms with Crippen molar-refractivity contribution in [3.63, 3.8) is 0 Å². The number of amides is 1. The average Bonchev–Trinajstić information content (AvgIpc) is 3.53. The van der Waals surface area contributed by atoms with Gasteiger partial charge in [-0.25, -0.2) is 12.8 Å². The van der Waals surface area contributed by atoms with Crippen molar-refractivity contribution in [3.05, 3.63) is 65.5 Å². The van der Waals surface area contributed by atoms with Crippen LogP contribution >= 0.6 is 0 Å². The molecular weight excluding hydrogens is 572 g/mol. The molecule has 8 rings (SSSR count). The Kier molecular flexibility index (Phi) is 6.13. The highest BCUT2D eigenvalue weighted by Gasteiger charge is 2.76. The van der Waals surface area contributed by atoms with Crippen LogP contribution in [0.1, 0.15) is 62.5 Å². The highest BCUT2D eigenvalue weighted by Crippen LogP contribution is 2.72. The molecule has 2 aromatic carbocycles. The Hall–Kier alpha value is -2.99. The van der Waals surface area contributed by atoms with Crippen LogP contribution in [-0.4, -0.2) is 48.1 Å². The van der Waals surface area contributed by atoms with Crippen LogP contribution in [-0.2, 0) is 27.5 Å². The number of aliphatic imine (C=N–C) groups is 1. The Balaban J connectivity index is 1.11. The molecule has 2 bridgehead atoms. The van der Waals surface area contributed by atoms with E-state index in [9.17, 15) is 30.8 Å². The van der Waals surface area contributed by atoms with Gasteiger partial charge in [0.1, 0.15) is 17.7 Å². The van der Waals surface area contributed by atoms with E-state index in [0.29, 0.717) is 37.3 Å². The van der Waals surface area contributed by atoms with Crippen LogP contribution in [0.15, 0.2) is 58.4 Å². The molecule has 1 heterocycles. The summed E-state index contributed by atoms with van der Waals surface area (Å²) in [7, 11) is -4.11. The van der Waals surface area contributed by atoms with E-state index in [4.69, 9.17) is 4.99 Å². The predicted molar refractivity (Wildman–Crippen MR) is 146 cm³/mol. The summed E-state index contributed by atoms with van der Waals surface area (Å²) in [5.41, 5.74) is -1.93. The molecule has 1 aliphatic heterocycles. The molecule has 42 heavy (non-hydrogen) atoms. The quantitative estimate of drug-likeness (QED) is 0.404. The highest BCUT2D eigenvalue weighted by molar-refractivity contribution is 7.89. The topological polar surface area (TPSA) is 90.9 Å². The zero-order valence-corrected chi connectivity index (χ0v) is 23.7. The lowest BCUT2D eigenvalue weighted by atomic mass is 9.38. The van der Waals surface area contributed by atoms with Crippen LogP contribution in [0.4, 0.5) is 17.6 Å². The lowest BCUT2D eigenvalue weighted by Gasteiger charge is -2.72. The number of alkyl halides is 3. The van der Waals surface area contributed by atoms with Gasteiger partial charge in [0.2, 0.25) is 15.9 Å². The molecule has 5 fully saturated rings. The first-order chi connectivity index (χ1) is 19.8. The highest BCUT2D eigenvalue weighted by atomic mass is 32.2. The number of benzene rings is 2. The molecular formula is C30H32F4N4O3S. The largest absolute Gasteiger partial charge is 0.416 e. The molecule has 0 radical (unpaired) electrons. The van der Waals surface area contributed by atoms with Gasteiger partial charge in [0, 0.05) is 24.0 Å². The fourth-order valence-corrected chi connectivity index (χ4v) is 8.96. The van der Waals surface area contributed by atoms with E-state index < -0.39 is 44.7 Å². The Morgan fingerprint density at radius 1 is 1.02 bits per heavy atom. The summed E-state index contributed by atoms with van der Waals surface area (Å²) >= 11 is 0. The van der Waals surface area contributed by atoms with E-state index >= 15 is 0 Å². The standard InChI is InChI=1S/C30H32F4N4O3S/c31-22-8-10-23(11-9-22)42(40,41)38(15-20-4-6-21(7-5-20)30(32,33)34)28-16-27(17-28,18-28)26-36-24(29(37-26)12-13-29)25(39)35-14-19-2-1-3-19/h4-11,19,24H,1-3,12-18H2,(H,35,39)(H,36,37). The van der Waals surface area contributed by atoms with Crippen molar-refractivity contribution >= 4 is 21.8 Å². The number of carbonyl (C=O) groups excluding carboxylic acids is 1. The number of rotatable bonds is 9.